The second kappa shape index (κ2) is 5.92. The van der Waals surface area contributed by atoms with E-state index in [1.807, 2.05) is 30.5 Å². The number of hydrogen-bond donors (Lipinski definition) is 1. The van der Waals surface area contributed by atoms with Crippen LogP contribution in [0.2, 0.25) is 0 Å². The molecule has 2 aromatic rings. The predicted molar refractivity (Wildman–Crippen MR) is 73.3 cm³/mol. The quantitative estimate of drug-likeness (QED) is 0.815. The Morgan fingerprint density at radius 2 is 2.00 bits per heavy atom. The highest BCUT2D eigenvalue weighted by molar-refractivity contribution is 5.82. The summed E-state index contributed by atoms with van der Waals surface area (Å²) in [5.74, 6) is 0. The van der Waals surface area contributed by atoms with Crippen LogP contribution in [0.1, 0.15) is 6.99 Å². The fraction of sp³-hybridized carbons (Fsp3) is 0.143. The van der Waals surface area contributed by atoms with Crippen molar-refractivity contribution in [2.24, 2.45) is 10.7 Å². The van der Waals surface area contributed by atoms with E-state index in [4.69, 9.17) is 5.73 Å². The highest BCUT2D eigenvalue weighted by atomic mass is 14.7. The van der Waals surface area contributed by atoms with Crippen LogP contribution in [0.5, 0.6) is 0 Å². The molecule has 88 valence electrons. The van der Waals surface area contributed by atoms with E-state index in [9.17, 15) is 0 Å². The van der Waals surface area contributed by atoms with Gasteiger partial charge in [0, 0.05) is 26.6 Å². The second-order valence-electron chi connectivity index (χ2n) is 3.69. The lowest BCUT2D eigenvalue weighted by atomic mass is 10.0. The first kappa shape index (κ1) is 11.5. The van der Waals surface area contributed by atoms with Crippen LogP contribution in [0, 0.1) is 0 Å². The lowest BCUT2D eigenvalue weighted by Gasteiger charge is -2.01. The molecule has 0 radical (unpaired) electrons. The summed E-state index contributed by atoms with van der Waals surface area (Å²) in [5.41, 5.74) is 8.82. The minimum Gasteiger partial charge on any atom is -0.329 e. The zero-order chi connectivity index (χ0) is 11.9. The lowest BCUT2D eigenvalue weighted by molar-refractivity contribution is 0.981. The summed E-state index contributed by atoms with van der Waals surface area (Å²) in [7, 11) is 0. The summed E-state index contributed by atoms with van der Waals surface area (Å²) in [5, 5.41) is 0. The highest BCUT2D eigenvalue weighted by Gasteiger charge is 1.96. The molecule has 3 heteroatoms. The van der Waals surface area contributed by atoms with Gasteiger partial charge in [-0.05, 0) is 34.9 Å². The van der Waals surface area contributed by atoms with Crippen LogP contribution in [0.25, 0.3) is 11.1 Å². The maximum absolute atomic E-state index is 5.39. The summed E-state index contributed by atoms with van der Waals surface area (Å²) in [6.07, 6.45) is 5.45. The van der Waals surface area contributed by atoms with E-state index in [2.05, 4.69) is 22.1 Å². The molecule has 0 aliphatic heterocycles. The minimum atomic E-state index is 0. The molecule has 2 N–H and O–H groups in total. The van der Waals surface area contributed by atoms with Crippen LogP contribution >= 0.6 is 0 Å². The van der Waals surface area contributed by atoms with E-state index in [0.717, 1.165) is 11.1 Å². The second-order valence-corrected chi connectivity index (χ2v) is 3.69. The van der Waals surface area contributed by atoms with Crippen molar-refractivity contribution in [1.29, 1.82) is 0 Å². The molecule has 1 aromatic heterocycles. The molecule has 3 nitrogen and oxygen atoms in total. The number of rotatable bonds is 4. The van der Waals surface area contributed by atoms with Gasteiger partial charge in [-0.3, -0.25) is 9.98 Å². The summed E-state index contributed by atoms with van der Waals surface area (Å²) < 4.78 is 0. The van der Waals surface area contributed by atoms with E-state index in [0.29, 0.717) is 13.1 Å². The van der Waals surface area contributed by atoms with Crippen molar-refractivity contribution < 1.29 is 1.43 Å². The zero-order valence-corrected chi connectivity index (χ0v) is 9.58. The zero-order valence-electron chi connectivity index (χ0n) is 9.58. The van der Waals surface area contributed by atoms with E-state index in [1.165, 1.54) is 5.56 Å². The van der Waals surface area contributed by atoms with Gasteiger partial charge in [0.05, 0.1) is 6.54 Å². The molecule has 0 atom stereocenters. The van der Waals surface area contributed by atoms with Crippen LogP contribution in [0.4, 0.5) is 0 Å². The van der Waals surface area contributed by atoms with Crippen molar-refractivity contribution in [3.63, 3.8) is 0 Å². The number of aromatic nitrogens is 1. The number of pyridine rings is 1. The summed E-state index contributed by atoms with van der Waals surface area (Å²) in [6, 6.07) is 12.2. The van der Waals surface area contributed by atoms with Gasteiger partial charge in [-0.1, -0.05) is 18.2 Å². The standard InChI is InChI=1S/C14H15N3.H2/c15-6-9-17-11-12-2-1-3-14(10-12)13-4-7-16-8-5-13;/h1-5,7-8,10-11H,6,9,15H2;1H. The fourth-order valence-electron chi connectivity index (χ4n) is 1.59. The molecule has 0 amide bonds. The van der Waals surface area contributed by atoms with Gasteiger partial charge in [0.15, 0.2) is 0 Å². The molecular weight excluding hydrogens is 210 g/mol. The Labute approximate surface area is 103 Å². The van der Waals surface area contributed by atoms with Crippen LogP contribution in [0.15, 0.2) is 53.8 Å². The first-order valence-corrected chi connectivity index (χ1v) is 5.60. The summed E-state index contributed by atoms with van der Waals surface area (Å²) in [4.78, 5) is 8.25. The smallest absolute Gasteiger partial charge is 0.0512 e. The minimum absolute atomic E-state index is 0. The van der Waals surface area contributed by atoms with Crippen LogP contribution in [-0.2, 0) is 0 Å². The number of nitrogens with two attached hydrogens (primary N) is 1. The lowest BCUT2D eigenvalue weighted by Crippen LogP contribution is -2.02. The van der Waals surface area contributed by atoms with Crippen molar-refractivity contribution in [1.82, 2.24) is 4.98 Å². The Hall–Kier alpha value is -2.00. The molecule has 0 spiro atoms. The molecule has 0 aliphatic rings. The molecular formula is C14H17N3. The number of nitrogens with zero attached hydrogens (tertiary/aromatic N) is 2. The normalized spacial score (nSPS) is 10.9. The van der Waals surface area contributed by atoms with Crippen molar-refractivity contribution in [3.8, 4) is 11.1 Å². The molecule has 1 aromatic carbocycles. The summed E-state index contributed by atoms with van der Waals surface area (Å²) >= 11 is 0. The highest BCUT2D eigenvalue weighted by Crippen LogP contribution is 2.18. The van der Waals surface area contributed by atoms with Crippen molar-refractivity contribution in [2.75, 3.05) is 13.1 Å². The molecule has 2 rings (SSSR count). The van der Waals surface area contributed by atoms with Gasteiger partial charge in [-0.25, -0.2) is 0 Å². The average Bonchev–Trinajstić information content (AvgIpc) is 2.41. The monoisotopic (exact) mass is 227 g/mol. The molecule has 17 heavy (non-hydrogen) atoms. The van der Waals surface area contributed by atoms with Gasteiger partial charge < -0.3 is 5.73 Å². The average molecular weight is 227 g/mol. The van der Waals surface area contributed by atoms with E-state index < -0.39 is 0 Å². The van der Waals surface area contributed by atoms with Gasteiger partial charge in [0.2, 0.25) is 0 Å². The van der Waals surface area contributed by atoms with E-state index in [1.54, 1.807) is 12.4 Å². The molecule has 0 bridgehead atoms. The van der Waals surface area contributed by atoms with Gasteiger partial charge in [-0.2, -0.15) is 0 Å². The van der Waals surface area contributed by atoms with E-state index in [-0.39, 0.29) is 1.43 Å². The molecule has 0 unspecified atom stereocenters. The Kier molecular flexibility index (Phi) is 4.00. The Bertz CT molecular complexity index is 497. The van der Waals surface area contributed by atoms with Gasteiger partial charge >= 0.3 is 0 Å². The third kappa shape index (κ3) is 3.23. The van der Waals surface area contributed by atoms with Crippen molar-refractivity contribution >= 4 is 6.21 Å². The van der Waals surface area contributed by atoms with Crippen LogP contribution < -0.4 is 5.73 Å². The summed E-state index contributed by atoms with van der Waals surface area (Å²) in [6.45, 7) is 1.25. The first-order valence-electron chi connectivity index (χ1n) is 5.60. The SMILES string of the molecule is NCCN=Cc1cccc(-c2ccncc2)c1.[HH]. The maximum atomic E-state index is 5.39. The van der Waals surface area contributed by atoms with Gasteiger partial charge in [0.25, 0.3) is 0 Å². The molecule has 0 saturated heterocycles. The molecule has 0 saturated carbocycles. The molecule has 0 aliphatic carbocycles. The molecule has 0 fully saturated rings. The number of aliphatic imine (C=N–C) groups is 1. The van der Waals surface area contributed by atoms with Gasteiger partial charge in [0.1, 0.15) is 0 Å². The number of benzene rings is 1. The third-order valence-electron chi connectivity index (χ3n) is 2.40. The Morgan fingerprint density at radius 3 is 2.76 bits per heavy atom. The van der Waals surface area contributed by atoms with Gasteiger partial charge in [-0.15, -0.1) is 0 Å². The van der Waals surface area contributed by atoms with E-state index >= 15 is 0 Å². The third-order valence-corrected chi connectivity index (χ3v) is 2.40. The Balaban J connectivity index is 0.00000162. The fourth-order valence-corrected chi connectivity index (χ4v) is 1.59. The Morgan fingerprint density at radius 1 is 1.18 bits per heavy atom. The molecule has 1 heterocycles. The van der Waals surface area contributed by atoms with Crippen LogP contribution in [0.3, 0.4) is 0 Å². The predicted octanol–water partition coefficient (Wildman–Crippen LogP) is 2.37. The number of hydrogen-bond acceptors (Lipinski definition) is 3. The van der Waals surface area contributed by atoms with Crippen LogP contribution in [-0.4, -0.2) is 24.3 Å². The largest absolute Gasteiger partial charge is 0.329 e. The van der Waals surface area contributed by atoms with Crippen molar-refractivity contribution in [3.05, 3.63) is 54.4 Å². The topological polar surface area (TPSA) is 51.3 Å². The first-order chi connectivity index (χ1) is 8.40. The maximum Gasteiger partial charge on any atom is 0.0512 e. The van der Waals surface area contributed by atoms with Crippen molar-refractivity contribution in [2.45, 2.75) is 0 Å².